The molecule has 9 heteroatoms. The minimum absolute atomic E-state index is 0.157. The maximum Gasteiger partial charge on any atom is 0.335 e. The van der Waals surface area contributed by atoms with Crippen LogP contribution < -0.4 is 10.1 Å². The molecule has 0 aliphatic heterocycles. The molecule has 0 radical (unpaired) electrons. The van der Waals surface area contributed by atoms with Crippen LogP contribution in [0.4, 0.5) is 5.69 Å². The van der Waals surface area contributed by atoms with E-state index in [0.29, 0.717) is 29.7 Å². The van der Waals surface area contributed by atoms with E-state index in [4.69, 9.17) is 25.4 Å². The summed E-state index contributed by atoms with van der Waals surface area (Å²) in [4.78, 5) is 17.0. The average molecular weight is 475 g/mol. The summed E-state index contributed by atoms with van der Waals surface area (Å²) in [6, 6.07) is 17.1. The number of anilines is 1. The molecule has 0 aliphatic rings. The first kappa shape index (κ1) is 24.0. The van der Waals surface area contributed by atoms with Gasteiger partial charge in [0.15, 0.2) is 0 Å². The van der Waals surface area contributed by atoms with Crippen LogP contribution in [0.1, 0.15) is 29.8 Å². The van der Waals surface area contributed by atoms with Crippen LogP contribution >= 0.6 is 19.2 Å². The molecule has 0 atom stereocenters. The van der Waals surface area contributed by atoms with Gasteiger partial charge in [-0.15, -0.1) is 0 Å². The number of amides is 1. The summed E-state index contributed by atoms with van der Waals surface area (Å²) in [6.07, 6.45) is 1.70. The molecule has 0 saturated carbocycles. The van der Waals surface area contributed by atoms with Gasteiger partial charge < -0.3 is 19.1 Å². The lowest BCUT2D eigenvalue weighted by Crippen LogP contribution is -2.13. The van der Waals surface area contributed by atoms with E-state index in [1.165, 1.54) is 0 Å². The number of pyridine rings is 1. The highest BCUT2D eigenvalue weighted by atomic mass is 35.5. The summed E-state index contributed by atoms with van der Waals surface area (Å²) in [5.74, 6) is 0.321. The van der Waals surface area contributed by atoms with Crippen molar-refractivity contribution in [3.8, 4) is 11.6 Å². The van der Waals surface area contributed by atoms with E-state index in [2.05, 4.69) is 10.3 Å². The lowest BCUT2D eigenvalue weighted by Gasteiger charge is -2.17. The number of rotatable bonds is 10. The van der Waals surface area contributed by atoms with Crippen molar-refractivity contribution in [2.24, 2.45) is 0 Å². The highest BCUT2D eigenvalue weighted by Gasteiger charge is 2.24. The van der Waals surface area contributed by atoms with Crippen molar-refractivity contribution in [1.29, 1.82) is 0 Å². The summed E-state index contributed by atoms with van der Waals surface area (Å²) in [7, 11) is -3.20. The van der Waals surface area contributed by atoms with Crippen LogP contribution in [0, 0.1) is 0 Å². The molecule has 0 fully saturated rings. The van der Waals surface area contributed by atoms with Gasteiger partial charge >= 0.3 is 7.60 Å². The monoisotopic (exact) mass is 474 g/mol. The van der Waals surface area contributed by atoms with Gasteiger partial charge in [0.1, 0.15) is 11.3 Å². The minimum Gasteiger partial charge on any atom is -0.438 e. The van der Waals surface area contributed by atoms with Gasteiger partial charge in [0, 0.05) is 16.9 Å². The summed E-state index contributed by atoms with van der Waals surface area (Å²) in [6.45, 7) is 4.15. The number of carbonyl (C=O) groups is 1. The molecular weight excluding hydrogens is 451 g/mol. The molecule has 0 bridgehead atoms. The van der Waals surface area contributed by atoms with Crippen LogP contribution in [0.25, 0.3) is 0 Å². The van der Waals surface area contributed by atoms with Crippen molar-refractivity contribution >= 4 is 30.8 Å². The third-order valence-corrected chi connectivity index (χ3v) is 6.59. The Morgan fingerprint density at radius 3 is 2.28 bits per heavy atom. The van der Waals surface area contributed by atoms with Gasteiger partial charge in [0.25, 0.3) is 5.91 Å². The zero-order valence-corrected chi connectivity index (χ0v) is 19.4. The smallest absolute Gasteiger partial charge is 0.335 e. The van der Waals surface area contributed by atoms with Crippen LogP contribution in [0.5, 0.6) is 11.6 Å². The standard InChI is InChI=1S/C23H24ClN2O5P/c1-3-29-32(28,30-4-2)16-17-7-11-19(12-8-17)26-22(27)21-6-5-15-25-23(21)31-20-13-9-18(24)10-14-20/h5-15H,3-4,16H2,1-2H3,(H,26,27). The first-order chi connectivity index (χ1) is 15.4. The fourth-order valence-corrected chi connectivity index (χ4v) is 4.72. The number of halogens is 1. The molecule has 3 aromatic rings. The summed E-state index contributed by atoms with van der Waals surface area (Å²) >= 11 is 5.90. The molecule has 32 heavy (non-hydrogen) atoms. The summed E-state index contributed by atoms with van der Waals surface area (Å²) in [5, 5.41) is 3.40. The highest BCUT2D eigenvalue weighted by Crippen LogP contribution is 2.51. The first-order valence-corrected chi connectivity index (χ1v) is 12.2. The molecular formula is C23H24ClN2O5P. The van der Waals surface area contributed by atoms with Gasteiger partial charge in [-0.3, -0.25) is 9.36 Å². The van der Waals surface area contributed by atoms with Crippen molar-refractivity contribution < 1.29 is 23.1 Å². The molecule has 0 unspecified atom stereocenters. The Morgan fingerprint density at radius 1 is 1.00 bits per heavy atom. The molecule has 1 N–H and O–H groups in total. The fraction of sp³-hybridized carbons (Fsp3) is 0.217. The number of aromatic nitrogens is 1. The van der Waals surface area contributed by atoms with Crippen LogP contribution in [0.3, 0.4) is 0 Å². The number of nitrogens with zero attached hydrogens (tertiary/aromatic N) is 1. The van der Waals surface area contributed by atoms with Gasteiger partial charge in [-0.25, -0.2) is 4.98 Å². The second-order valence-corrected chi connectivity index (χ2v) is 9.16. The van der Waals surface area contributed by atoms with Crippen molar-refractivity contribution in [3.63, 3.8) is 0 Å². The van der Waals surface area contributed by atoms with E-state index in [1.54, 1.807) is 80.7 Å². The fourth-order valence-electron chi connectivity index (χ4n) is 2.90. The molecule has 1 aromatic heterocycles. The summed E-state index contributed by atoms with van der Waals surface area (Å²) < 4.78 is 29.1. The van der Waals surface area contributed by atoms with E-state index < -0.39 is 7.60 Å². The van der Waals surface area contributed by atoms with E-state index >= 15 is 0 Å². The van der Waals surface area contributed by atoms with Crippen LogP contribution in [-0.2, 0) is 19.8 Å². The van der Waals surface area contributed by atoms with E-state index in [1.807, 2.05) is 0 Å². The number of ether oxygens (including phenoxy) is 1. The van der Waals surface area contributed by atoms with Crippen molar-refractivity contribution in [2.75, 3.05) is 18.5 Å². The topological polar surface area (TPSA) is 86.8 Å². The Morgan fingerprint density at radius 2 is 1.66 bits per heavy atom. The molecule has 0 saturated heterocycles. The van der Waals surface area contributed by atoms with Crippen molar-refractivity contribution in [1.82, 2.24) is 4.98 Å². The predicted molar refractivity (Wildman–Crippen MR) is 125 cm³/mol. The Hall–Kier alpha value is -2.70. The second kappa shape index (κ2) is 11.2. The number of nitrogens with one attached hydrogen (secondary N) is 1. The van der Waals surface area contributed by atoms with Gasteiger partial charge in [0.2, 0.25) is 5.88 Å². The van der Waals surface area contributed by atoms with E-state index in [9.17, 15) is 9.36 Å². The average Bonchev–Trinajstić information content (AvgIpc) is 2.77. The van der Waals surface area contributed by atoms with Crippen LogP contribution in [-0.4, -0.2) is 24.1 Å². The van der Waals surface area contributed by atoms with E-state index in [0.717, 1.165) is 5.56 Å². The number of benzene rings is 2. The van der Waals surface area contributed by atoms with Gasteiger partial charge in [-0.1, -0.05) is 23.7 Å². The Kier molecular flexibility index (Phi) is 8.42. The molecule has 2 aromatic carbocycles. The van der Waals surface area contributed by atoms with E-state index in [-0.39, 0.29) is 23.5 Å². The highest BCUT2D eigenvalue weighted by molar-refractivity contribution is 7.53. The molecule has 0 spiro atoms. The molecule has 3 rings (SSSR count). The lowest BCUT2D eigenvalue weighted by molar-refractivity contribution is 0.102. The molecule has 1 amide bonds. The zero-order chi connectivity index (χ0) is 23.0. The first-order valence-electron chi connectivity index (χ1n) is 10.1. The Bertz CT molecular complexity index is 1080. The maximum absolute atomic E-state index is 12.8. The van der Waals surface area contributed by atoms with Gasteiger partial charge in [-0.05, 0) is 67.9 Å². The summed E-state index contributed by atoms with van der Waals surface area (Å²) in [5.41, 5.74) is 1.63. The Balaban J connectivity index is 1.70. The SMILES string of the molecule is CCOP(=O)(Cc1ccc(NC(=O)c2cccnc2Oc2ccc(Cl)cc2)cc1)OCC. The zero-order valence-electron chi connectivity index (χ0n) is 17.8. The molecule has 168 valence electrons. The van der Waals surface area contributed by atoms with Crippen molar-refractivity contribution in [2.45, 2.75) is 20.0 Å². The molecule has 7 nitrogen and oxygen atoms in total. The van der Waals surface area contributed by atoms with Gasteiger partial charge in [0.05, 0.1) is 19.4 Å². The van der Waals surface area contributed by atoms with Gasteiger partial charge in [-0.2, -0.15) is 0 Å². The van der Waals surface area contributed by atoms with Crippen molar-refractivity contribution in [3.05, 3.63) is 83.0 Å². The Labute approximate surface area is 192 Å². The number of hydrogen-bond donors (Lipinski definition) is 1. The largest absolute Gasteiger partial charge is 0.438 e. The number of carbonyl (C=O) groups excluding carboxylic acids is 1. The third kappa shape index (κ3) is 6.65. The minimum atomic E-state index is -3.20. The maximum atomic E-state index is 12.8. The van der Waals surface area contributed by atoms with Crippen LogP contribution in [0.2, 0.25) is 5.02 Å². The normalized spacial score (nSPS) is 11.2. The molecule has 0 aliphatic carbocycles. The second-order valence-electron chi connectivity index (χ2n) is 6.67. The quantitative estimate of drug-likeness (QED) is 0.335. The molecule has 1 heterocycles. The third-order valence-electron chi connectivity index (χ3n) is 4.28. The van der Waals surface area contributed by atoms with Crippen LogP contribution in [0.15, 0.2) is 66.9 Å². The number of hydrogen-bond acceptors (Lipinski definition) is 6. The lowest BCUT2D eigenvalue weighted by atomic mass is 10.2. The predicted octanol–water partition coefficient (Wildman–Crippen LogP) is 6.55.